The average molecular weight is 452 g/mol. The van der Waals surface area contributed by atoms with E-state index < -0.39 is 5.82 Å². The summed E-state index contributed by atoms with van der Waals surface area (Å²) in [4.78, 5) is 29.2. The molecule has 0 bridgehead atoms. The van der Waals surface area contributed by atoms with Crippen molar-refractivity contribution in [2.75, 3.05) is 24.3 Å². The Labute approximate surface area is 194 Å². The van der Waals surface area contributed by atoms with Crippen molar-refractivity contribution in [2.24, 2.45) is 5.92 Å². The van der Waals surface area contributed by atoms with E-state index in [4.69, 9.17) is 4.42 Å². The first-order valence-electron chi connectivity index (χ1n) is 10.9. The Hall–Kier alpha value is -3.61. The minimum atomic E-state index is -0.399. The lowest BCUT2D eigenvalue weighted by Gasteiger charge is -2.26. The SMILES string of the molecule is CC(C)CC(=O)Nc1ccc(N(C)C)c(CN(Cc2ccco2)C(=O)c2ccc(F)cc2)c1. The summed E-state index contributed by atoms with van der Waals surface area (Å²) in [6.45, 7) is 4.51. The third-order valence-electron chi connectivity index (χ3n) is 5.11. The van der Waals surface area contributed by atoms with Gasteiger partial charge in [-0.2, -0.15) is 0 Å². The maximum atomic E-state index is 13.4. The van der Waals surface area contributed by atoms with Gasteiger partial charge in [-0.3, -0.25) is 9.59 Å². The molecule has 7 heteroatoms. The molecule has 0 aliphatic rings. The number of hydrogen-bond acceptors (Lipinski definition) is 4. The molecule has 33 heavy (non-hydrogen) atoms. The quantitative estimate of drug-likeness (QED) is 0.479. The van der Waals surface area contributed by atoms with Gasteiger partial charge in [0.05, 0.1) is 12.8 Å². The lowest BCUT2D eigenvalue weighted by Crippen LogP contribution is -2.31. The zero-order chi connectivity index (χ0) is 24.0. The smallest absolute Gasteiger partial charge is 0.254 e. The molecule has 2 amide bonds. The number of carbonyl (C=O) groups excluding carboxylic acids is 2. The monoisotopic (exact) mass is 451 g/mol. The number of anilines is 2. The molecule has 0 aliphatic carbocycles. The molecule has 0 aliphatic heterocycles. The van der Waals surface area contributed by atoms with E-state index in [1.165, 1.54) is 24.3 Å². The molecule has 174 valence electrons. The Kier molecular flexibility index (Phi) is 7.87. The lowest BCUT2D eigenvalue weighted by molar-refractivity contribution is -0.116. The number of nitrogens with one attached hydrogen (secondary N) is 1. The molecule has 1 aromatic heterocycles. The second kappa shape index (κ2) is 10.8. The van der Waals surface area contributed by atoms with E-state index in [1.54, 1.807) is 23.3 Å². The molecule has 3 rings (SSSR count). The van der Waals surface area contributed by atoms with Crippen molar-refractivity contribution in [1.29, 1.82) is 0 Å². The molecule has 0 radical (unpaired) electrons. The second-order valence-electron chi connectivity index (χ2n) is 8.63. The molecule has 0 saturated heterocycles. The van der Waals surface area contributed by atoms with Gasteiger partial charge in [0.15, 0.2) is 0 Å². The van der Waals surface area contributed by atoms with Crippen molar-refractivity contribution in [2.45, 2.75) is 33.4 Å². The topological polar surface area (TPSA) is 65.8 Å². The summed E-state index contributed by atoms with van der Waals surface area (Å²) in [7, 11) is 3.85. The van der Waals surface area contributed by atoms with Crippen LogP contribution in [0, 0.1) is 11.7 Å². The van der Waals surface area contributed by atoms with Crippen LogP contribution in [0.1, 0.15) is 41.9 Å². The number of carbonyl (C=O) groups is 2. The fraction of sp³-hybridized carbons (Fsp3) is 0.308. The van der Waals surface area contributed by atoms with Gasteiger partial charge in [0, 0.05) is 44.0 Å². The molecule has 6 nitrogen and oxygen atoms in total. The van der Waals surface area contributed by atoms with Crippen molar-refractivity contribution < 1.29 is 18.4 Å². The number of nitrogens with zero attached hydrogens (tertiary/aromatic N) is 2. The Morgan fingerprint density at radius 2 is 1.76 bits per heavy atom. The molecule has 3 aromatic rings. The van der Waals surface area contributed by atoms with E-state index in [-0.39, 0.29) is 30.8 Å². The fourth-order valence-corrected chi connectivity index (χ4v) is 3.58. The van der Waals surface area contributed by atoms with Crippen molar-refractivity contribution in [1.82, 2.24) is 4.90 Å². The van der Waals surface area contributed by atoms with Crippen LogP contribution in [0.4, 0.5) is 15.8 Å². The van der Waals surface area contributed by atoms with Gasteiger partial charge in [0.25, 0.3) is 5.91 Å². The van der Waals surface area contributed by atoms with Gasteiger partial charge < -0.3 is 19.5 Å². The summed E-state index contributed by atoms with van der Waals surface area (Å²) in [5.74, 6) is 0.193. The van der Waals surface area contributed by atoms with E-state index in [9.17, 15) is 14.0 Å². The Morgan fingerprint density at radius 3 is 2.36 bits per heavy atom. The third-order valence-corrected chi connectivity index (χ3v) is 5.11. The van der Waals surface area contributed by atoms with Crippen molar-refractivity contribution in [3.63, 3.8) is 0 Å². The second-order valence-corrected chi connectivity index (χ2v) is 8.63. The van der Waals surface area contributed by atoms with Crippen LogP contribution in [0.25, 0.3) is 0 Å². The summed E-state index contributed by atoms with van der Waals surface area (Å²) in [6, 6.07) is 14.7. The van der Waals surface area contributed by atoms with E-state index in [2.05, 4.69) is 5.32 Å². The van der Waals surface area contributed by atoms with Crippen molar-refractivity contribution in [3.05, 3.63) is 83.6 Å². The fourth-order valence-electron chi connectivity index (χ4n) is 3.58. The first kappa shape index (κ1) is 24.0. The third kappa shape index (κ3) is 6.68. The number of furan rings is 1. The van der Waals surface area contributed by atoms with Gasteiger partial charge in [-0.15, -0.1) is 0 Å². The highest BCUT2D eigenvalue weighted by Crippen LogP contribution is 2.26. The normalized spacial score (nSPS) is 10.8. The van der Waals surface area contributed by atoms with Crippen LogP contribution in [0.3, 0.4) is 0 Å². The molecule has 0 atom stereocenters. The van der Waals surface area contributed by atoms with E-state index in [0.29, 0.717) is 23.4 Å². The largest absolute Gasteiger partial charge is 0.467 e. The van der Waals surface area contributed by atoms with Crippen LogP contribution >= 0.6 is 0 Å². The zero-order valence-electron chi connectivity index (χ0n) is 19.5. The van der Waals surface area contributed by atoms with E-state index in [1.807, 2.05) is 51.0 Å². The summed E-state index contributed by atoms with van der Waals surface area (Å²) in [6.07, 6.45) is 1.99. The van der Waals surface area contributed by atoms with Crippen LogP contribution in [0.2, 0.25) is 0 Å². The number of amides is 2. The maximum absolute atomic E-state index is 13.4. The van der Waals surface area contributed by atoms with Gasteiger partial charge in [-0.1, -0.05) is 13.8 Å². The first-order chi connectivity index (χ1) is 15.7. The van der Waals surface area contributed by atoms with Gasteiger partial charge >= 0.3 is 0 Å². The Bertz CT molecular complexity index is 1080. The number of benzene rings is 2. The van der Waals surface area contributed by atoms with Crippen LogP contribution in [-0.2, 0) is 17.9 Å². The molecular formula is C26H30FN3O3. The van der Waals surface area contributed by atoms with Gasteiger partial charge in [0.1, 0.15) is 11.6 Å². The summed E-state index contributed by atoms with van der Waals surface area (Å²) >= 11 is 0. The predicted molar refractivity (Wildman–Crippen MR) is 128 cm³/mol. The van der Waals surface area contributed by atoms with Crippen LogP contribution < -0.4 is 10.2 Å². The molecule has 0 spiro atoms. The summed E-state index contributed by atoms with van der Waals surface area (Å²) < 4.78 is 18.9. The Morgan fingerprint density at radius 1 is 1.03 bits per heavy atom. The highest BCUT2D eigenvalue weighted by atomic mass is 19.1. The lowest BCUT2D eigenvalue weighted by atomic mass is 10.1. The maximum Gasteiger partial charge on any atom is 0.254 e. The van der Waals surface area contributed by atoms with Crippen molar-refractivity contribution >= 4 is 23.2 Å². The molecule has 0 unspecified atom stereocenters. The predicted octanol–water partition coefficient (Wildman–Crippen LogP) is 5.31. The molecule has 1 N–H and O–H groups in total. The minimum Gasteiger partial charge on any atom is -0.467 e. The molecular weight excluding hydrogens is 421 g/mol. The Balaban J connectivity index is 1.92. The number of hydrogen-bond donors (Lipinski definition) is 1. The molecule has 0 fully saturated rings. The standard InChI is InChI=1S/C26H30FN3O3/c1-18(2)14-25(31)28-22-11-12-24(29(3)4)20(15-22)16-30(17-23-6-5-13-33-23)26(32)19-7-9-21(27)10-8-19/h5-13,15,18H,14,16-17H2,1-4H3,(H,28,31). The van der Waals surface area contributed by atoms with E-state index >= 15 is 0 Å². The van der Waals surface area contributed by atoms with Crippen LogP contribution in [0.15, 0.2) is 65.3 Å². The van der Waals surface area contributed by atoms with Crippen molar-refractivity contribution in [3.8, 4) is 0 Å². The summed E-state index contributed by atoms with van der Waals surface area (Å²) in [5.41, 5.74) is 2.85. The van der Waals surface area contributed by atoms with Crippen LogP contribution in [0.5, 0.6) is 0 Å². The van der Waals surface area contributed by atoms with E-state index in [0.717, 1.165) is 11.3 Å². The zero-order valence-corrected chi connectivity index (χ0v) is 19.5. The number of rotatable bonds is 9. The summed E-state index contributed by atoms with van der Waals surface area (Å²) in [5, 5.41) is 2.94. The van der Waals surface area contributed by atoms with Gasteiger partial charge in [-0.05, 0) is 66.1 Å². The minimum absolute atomic E-state index is 0.0524. The van der Waals surface area contributed by atoms with Gasteiger partial charge in [-0.25, -0.2) is 4.39 Å². The molecule has 0 saturated carbocycles. The highest BCUT2D eigenvalue weighted by molar-refractivity contribution is 5.94. The van der Waals surface area contributed by atoms with Gasteiger partial charge in [0.2, 0.25) is 5.91 Å². The molecule has 1 heterocycles. The average Bonchev–Trinajstić information content (AvgIpc) is 3.26. The first-order valence-corrected chi connectivity index (χ1v) is 10.9. The highest BCUT2D eigenvalue weighted by Gasteiger charge is 2.20. The molecule has 2 aromatic carbocycles. The van der Waals surface area contributed by atoms with Crippen LogP contribution in [-0.4, -0.2) is 30.8 Å². The number of halogens is 1.